The minimum atomic E-state index is -1.60. The molecule has 2 amide bonds. The Hall–Kier alpha value is -4.21. The van der Waals surface area contributed by atoms with Gasteiger partial charge in [-0.2, -0.15) is 0 Å². The molecule has 0 unspecified atom stereocenters. The van der Waals surface area contributed by atoms with Crippen molar-refractivity contribution >= 4 is 28.7 Å². The Labute approximate surface area is 175 Å². The maximum Gasteiger partial charge on any atom is 0.329 e. The van der Waals surface area contributed by atoms with E-state index in [1.165, 1.54) is 6.07 Å². The number of carboxylic acids is 1. The first-order valence-electron chi connectivity index (χ1n) is 9.37. The van der Waals surface area contributed by atoms with Crippen LogP contribution in [0.2, 0.25) is 0 Å². The number of nitrogens with two attached hydrogens (primary N) is 1. The molecule has 3 rings (SSSR count). The topological polar surface area (TPSA) is 164 Å². The van der Waals surface area contributed by atoms with Gasteiger partial charge in [-0.05, 0) is 17.7 Å². The minimum Gasteiger partial charge on any atom is -0.480 e. The number of carbonyl (C=O) groups excluding carboxylic acids is 2. The van der Waals surface area contributed by atoms with Crippen LogP contribution in [-0.4, -0.2) is 38.5 Å². The van der Waals surface area contributed by atoms with Crippen molar-refractivity contribution in [2.75, 3.05) is 0 Å². The number of amides is 2. The maximum absolute atomic E-state index is 13.1. The van der Waals surface area contributed by atoms with E-state index in [9.17, 15) is 29.1 Å². The zero-order chi connectivity index (χ0) is 22.5. The summed E-state index contributed by atoms with van der Waals surface area (Å²) in [5.74, 6) is -3.29. The molecule has 0 saturated carbocycles. The van der Waals surface area contributed by atoms with Gasteiger partial charge >= 0.3 is 11.7 Å². The fraction of sp³-hybridized carbons (Fsp3) is 0.190. The molecule has 2 aromatic carbocycles. The molecule has 0 aliphatic carbocycles. The highest BCUT2D eigenvalue weighted by atomic mass is 16.4. The number of rotatable bonds is 8. The number of para-hydroxylation sites is 1. The second kappa shape index (κ2) is 9.08. The van der Waals surface area contributed by atoms with E-state index in [0.717, 1.165) is 4.57 Å². The standard InChI is InChI=1S/C21H20N4O6/c22-17(26)11-15(20(29)30)23-18(27)16(10-12-6-2-1-3-7-12)25-19(28)13-8-4-5-9-14(13)24-21(25)31/h1-9,15-16H,10-11H2,(H2,22,26)(H,23,27)(H,24,31)(H,29,30)/t15-,16-/m0/s1. The molecule has 31 heavy (non-hydrogen) atoms. The van der Waals surface area contributed by atoms with Gasteiger partial charge in [-0.15, -0.1) is 0 Å². The lowest BCUT2D eigenvalue weighted by atomic mass is 10.0. The molecule has 0 radical (unpaired) electrons. The predicted octanol–water partition coefficient (Wildman–Crippen LogP) is -0.0816. The van der Waals surface area contributed by atoms with Crippen LogP contribution in [0.5, 0.6) is 0 Å². The molecule has 5 N–H and O–H groups in total. The molecule has 1 aromatic heterocycles. The lowest BCUT2D eigenvalue weighted by molar-refractivity contribution is -0.143. The third-order valence-electron chi connectivity index (χ3n) is 4.74. The Kier molecular flexibility index (Phi) is 6.29. The molecular formula is C21H20N4O6. The van der Waals surface area contributed by atoms with Crippen molar-refractivity contribution < 1.29 is 19.5 Å². The van der Waals surface area contributed by atoms with E-state index < -0.39 is 47.5 Å². The fourth-order valence-corrected chi connectivity index (χ4v) is 3.27. The van der Waals surface area contributed by atoms with Crippen LogP contribution < -0.4 is 22.3 Å². The molecule has 0 fully saturated rings. The average Bonchev–Trinajstić information content (AvgIpc) is 2.72. The van der Waals surface area contributed by atoms with E-state index in [-0.39, 0.29) is 11.8 Å². The van der Waals surface area contributed by atoms with Gasteiger partial charge in [0.15, 0.2) is 0 Å². The van der Waals surface area contributed by atoms with Crippen LogP contribution in [-0.2, 0) is 20.8 Å². The van der Waals surface area contributed by atoms with E-state index in [1.54, 1.807) is 48.5 Å². The van der Waals surface area contributed by atoms with Crippen LogP contribution in [0.25, 0.3) is 10.9 Å². The van der Waals surface area contributed by atoms with Crippen molar-refractivity contribution in [1.29, 1.82) is 0 Å². The number of nitrogens with one attached hydrogen (secondary N) is 2. The van der Waals surface area contributed by atoms with Gasteiger partial charge in [0.25, 0.3) is 5.56 Å². The van der Waals surface area contributed by atoms with E-state index in [0.29, 0.717) is 11.1 Å². The van der Waals surface area contributed by atoms with Crippen molar-refractivity contribution in [3.8, 4) is 0 Å². The van der Waals surface area contributed by atoms with Gasteiger partial charge in [0.05, 0.1) is 17.3 Å². The number of hydrogen-bond donors (Lipinski definition) is 4. The largest absolute Gasteiger partial charge is 0.480 e. The van der Waals surface area contributed by atoms with Crippen LogP contribution in [0, 0.1) is 0 Å². The summed E-state index contributed by atoms with van der Waals surface area (Å²) in [5.41, 5.74) is 4.50. The molecule has 3 aromatic rings. The Morgan fingerprint density at radius 1 is 1.03 bits per heavy atom. The SMILES string of the molecule is NC(=O)C[C@H](NC(=O)[C@H](Cc1ccccc1)n1c(=O)[nH]c2ccccc2c1=O)C(=O)O. The lowest BCUT2D eigenvalue weighted by Crippen LogP contribution is -2.50. The normalized spacial score (nSPS) is 12.8. The zero-order valence-electron chi connectivity index (χ0n) is 16.3. The van der Waals surface area contributed by atoms with E-state index in [2.05, 4.69) is 10.3 Å². The van der Waals surface area contributed by atoms with Crippen molar-refractivity contribution in [3.05, 3.63) is 81.0 Å². The predicted molar refractivity (Wildman–Crippen MR) is 111 cm³/mol. The van der Waals surface area contributed by atoms with Crippen molar-refractivity contribution in [2.45, 2.75) is 24.9 Å². The Balaban J connectivity index is 2.09. The molecule has 0 spiro atoms. The highest BCUT2D eigenvalue weighted by Gasteiger charge is 2.30. The number of hydrogen-bond acceptors (Lipinski definition) is 5. The van der Waals surface area contributed by atoms with Gasteiger partial charge in [0.2, 0.25) is 11.8 Å². The van der Waals surface area contributed by atoms with Crippen LogP contribution in [0.1, 0.15) is 18.0 Å². The first-order chi connectivity index (χ1) is 14.8. The van der Waals surface area contributed by atoms with E-state index >= 15 is 0 Å². The molecule has 1 heterocycles. The van der Waals surface area contributed by atoms with Gasteiger partial charge < -0.3 is 21.1 Å². The van der Waals surface area contributed by atoms with Crippen LogP contribution in [0.3, 0.4) is 0 Å². The van der Waals surface area contributed by atoms with Crippen molar-refractivity contribution in [3.63, 3.8) is 0 Å². The van der Waals surface area contributed by atoms with Crippen LogP contribution in [0.4, 0.5) is 0 Å². The van der Waals surface area contributed by atoms with Gasteiger partial charge in [-0.25, -0.2) is 14.2 Å². The number of aromatic nitrogens is 2. The number of H-pyrrole nitrogens is 1. The quantitative estimate of drug-likeness (QED) is 0.395. The molecule has 10 nitrogen and oxygen atoms in total. The van der Waals surface area contributed by atoms with Gasteiger partial charge in [0.1, 0.15) is 12.1 Å². The summed E-state index contributed by atoms with van der Waals surface area (Å²) in [5, 5.41) is 11.7. The summed E-state index contributed by atoms with van der Waals surface area (Å²) in [6, 6.07) is 12.0. The third-order valence-corrected chi connectivity index (χ3v) is 4.74. The summed E-state index contributed by atoms with van der Waals surface area (Å²) in [6.07, 6.45) is -0.695. The Bertz CT molecular complexity index is 1250. The number of carboxylic acid groups (broad SMARTS) is 1. The number of aromatic amines is 1. The Morgan fingerprint density at radius 2 is 1.68 bits per heavy atom. The molecule has 10 heteroatoms. The summed E-state index contributed by atoms with van der Waals surface area (Å²) in [6.45, 7) is 0. The maximum atomic E-state index is 13.1. The lowest BCUT2D eigenvalue weighted by Gasteiger charge is -2.21. The second-order valence-electron chi connectivity index (χ2n) is 6.93. The smallest absolute Gasteiger partial charge is 0.329 e. The van der Waals surface area contributed by atoms with Crippen LogP contribution in [0.15, 0.2) is 64.2 Å². The summed E-state index contributed by atoms with van der Waals surface area (Å²) < 4.78 is 0.758. The van der Waals surface area contributed by atoms with E-state index in [4.69, 9.17) is 5.73 Å². The monoisotopic (exact) mass is 424 g/mol. The molecular weight excluding hydrogens is 404 g/mol. The zero-order valence-corrected chi connectivity index (χ0v) is 16.3. The fourth-order valence-electron chi connectivity index (χ4n) is 3.27. The van der Waals surface area contributed by atoms with Crippen molar-refractivity contribution in [2.24, 2.45) is 5.73 Å². The summed E-state index contributed by atoms with van der Waals surface area (Å²) in [7, 11) is 0. The van der Waals surface area contributed by atoms with Gasteiger partial charge in [-0.1, -0.05) is 42.5 Å². The van der Waals surface area contributed by atoms with E-state index in [1.807, 2.05) is 0 Å². The molecule has 2 atom stereocenters. The van der Waals surface area contributed by atoms with Gasteiger partial charge in [-0.3, -0.25) is 14.4 Å². The number of fused-ring (bicyclic) bond motifs is 1. The highest BCUT2D eigenvalue weighted by Crippen LogP contribution is 2.14. The number of primary amides is 1. The minimum absolute atomic E-state index is 0.0586. The number of benzene rings is 2. The number of carbonyl (C=O) groups is 3. The third kappa shape index (κ3) is 4.86. The first kappa shape index (κ1) is 21.5. The molecule has 0 aliphatic rings. The van der Waals surface area contributed by atoms with Crippen LogP contribution >= 0.6 is 0 Å². The molecule has 0 aliphatic heterocycles. The second-order valence-corrected chi connectivity index (χ2v) is 6.93. The number of aliphatic carboxylic acids is 1. The van der Waals surface area contributed by atoms with Gasteiger partial charge in [0, 0.05) is 6.42 Å². The summed E-state index contributed by atoms with van der Waals surface area (Å²) in [4.78, 5) is 64.0. The molecule has 0 saturated heterocycles. The average molecular weight is 424 g/mol. The Morgan fingerprint density at radius 3 is 2.32 bits per heavy atom. The van der Waals surface area contributed by atoms with Crippen molar-refractivity contribution in [1.82, 2.24) is 14.9 Å². The molecule has 0 bridgehead atoms. The first-order valence-corrected chi connectivity index (χ1v) is 9.37. The highest BCUT2D eigenvalue weighted by molar-refractivity contribution is 5.89. The number of nitrogens with zero attached hydrogens (tertiary/aromatic N) is 1. The molecule has 160 valence electrons. The summed E-state index contributed by atoms with van der Waals surface area (Å²) >= 11 is 0.